The zero-order valence-corrected chi connectivity index (χ0v) is 19.9. The number of anilines is 2. The van der Waals surface area contributed by atoms with Crippen LogP contribution in [-0.4, -0.2) is 53.5 Å². The predicted octanol–water partition coefficient (Wildman–Crippen LogP) is 4.71. The fourth-order valence-electron chi connectivity index (χ4n) is 5.55. The summed E-state index contributed by atoms with van der Waals surface area (Å²) in [4.78, 5) is 29.4. The first-order valence-corrected chi connectivity index (χ1v) is 12.6. The number of benzene rings is 1. The fourth-order valence-corrected chi connectivity index (χ4v) is 5.55. The van der Waals surface area contributed by atoms with Crippen LogP contribution in [0.15, 0.2) is 18.2 Å². The number of piperidine rings is 1. The van der Waals surface area contributed by atoms with Crippen molar-refractivity contribution in [3.63, 3.8) is 0 Å². The van der Waals surface area contributed by atoms with Crippen LogP contribution in [0.25, 0.3) is 0 Å². The molecule has 3 heterocycles. The Morgan fingerprint density at radius 3 is 2.47 bits per heavy atom. The van der Waals surface area contributed by atoms with Gasteiger partial charge >= 0.3 is 0 Å². The van der Waals surface area contributed by atoms with Gasteiger partial charge in [0.15, 0.2) is 0 Å². The average molecular weight is 470 g/mol. The number of rotatable bonds is 4. The summed E-state index contributed by atoms with van der Waals surface area (Å²) in [6.07, 6.45) is 10.2. The normalized spacial score (nSPS) is 19.1. The Labute approximate surface area is 200 Å². The highest BCUT2D eigenvalue weighted by Crippen LogP contribution is 2.33. The van der Waals surface area contributed by atoms with Gasteiger partial charge in [0.05, 0.1) is 17.8 Å². The number of amides is 1. The molecule has 0 bridgehead atoms. The lowest BCUT2D eigenvalue weighted by Crippen LogP contribution is -2.41. The maximum absolute atomic E-state index is 14.3. The molecule has 1 aromatic carbocycles. The molecule has 0 N–H and O–H groups in total. The molecule has 0 unspecified atom stereocenters. The van der Waals surface area contributed by atoms with E-state index in [0.717, 1.165) is 61.1 Å². The maximum Gasteiger partial charge on any atom is 0.257 e. The van der Waals surface area contributed by atoms with Crippen LogP contribution in [0.3, 0.4) is 0 Å². The van der Waals surface area contributed by atoms with Crippen molar-refractivity contribution >= 4 is 17.7 Å². The third-order valence-corrected chi connectivity index (χ3v) is 7.57. The fraction of sp³-hybridized carbons (Fsp3) is 0.577. The van der Waals surface area contributed by atoms with Crippen molar-refractivity contribution in [3.8, 4) is 0 Å². The highest BCUT2D eigenvalue weighted by molar-refractivity contribution is 5.94. The minimum absolute atomic E-state index is 0.0982. The van der Waals surface area contributed by atoms with Gasteiger partial charge in [0, 0.05) is 50.8 Å². The molecule has 2 fully saturated rings. The van der Waals surface area contributed by atoms with Gasteiger partial charge in [0.25, 0.3) is 5.91 Å². The van der Waals surface area contributed by atoms with Crippen molar-refractivity contribution in [2.24, 2.45) is 0 Å². The van der Waals surface area contributed by atoms with Crippen molar-refractivity contribution in [1.82, 2.24) is 14.9 Å². The summed E-state index contributed by atoms with van der Waals surface area (Å²) >= 11 is 0. The number of hydrogen-bond acceptors (Lipinski definition) is 5. The molecule has 1 aromatic heterocycles. The van der Waals surface area contributed by atoms with Gasteiger partial charge in [-0.3, -0.25) is 4.79 Å². The molecule has 6 nitrogen and oxygen atoms in total. The highest BCUT2D eigenvalue weighted by atomic mass is 19.1. The molecule has 2 aliphatic heterocycles. The van der Waals surface area contributed by atoms with Crippen molar-refractivity contribution in [2.45, 2.75) is 70.4 Å². The number of halogens is 2. The lowest BCUT2D eigenvalue weighted by Gasteiger charge is -2.37. The minimum Gasteiger partial charge on any atom is -0.356 e. The third kappa shape index (κ3) is 4.59. The van der Waals surface area contributed by atoms with Crippen LogP contribution >= 0.6 is 0 Å². The van der Waals surface area contributed by atoms with Crippen LogP contribution < -0.4 is 9.80 Å². The molecule has 3 aliphatic rings. The van der Waals surface area contributed by atoms with Crippen LogP contribution in [-0.2, 0) is 13.0 Å². The van der Waals surface area contributed by atoms with Gasteiger partial charge < -0.3 is 14.7 Å². The molecule has 34 heavy (non-hydrogen) atoms. The number of fused-ring (bicyclic) bond motifs is 1. The van der Waals surface area contributed by atoms with E-state index in [1.54, 1.807) is 4.90 Å². The van der Waals surface area contributed by atoms with Crippen LogP contribution in [0.5, 0.6) is 0 Å². The quantitative estimate of drug-likeness (QED) is 0.649. The Hall–Kier alpha value is -2.77. The molecular weight excluding hydrogens is 436 g/mol. The standard InChI is InChI=1S/C26H33F2N5O/c1-31(19-8-4-2-5-9-19)26-29-23-12-15-33(25(34)20-11-10-18(27)16-22(20)28)17-21(23)24(30-26)32-13-6-3-7-14-32/h10-11,16,19H,2-9,12-15,17H2,1H3. The average Bonchev–Trinajstić information content (AvgIpc) is 2.88. The monoisotopic (exact) mass is 469 g/mol. The van der Waals surface area contributed by atoms with Crippen LogP contribution in [0.4, 0.5) is 20.5 Å². The number of nitrogens with zero attached hydrogens (tertiary/aromatic N) is 5. The molecule has 1 saturated carbocycles. The van der Waals surface area contributed by atoms with Crippen molar-refractivity contribution in [2.75, 3.05) is 36.5 Å². The van der Waals surface area contributed by atoms with Gasteiger partial charge in [-0.1, -0.05) is 19.3 Å². The molecule has 182 valence electrons. The Morgan fingerprint density at radius 1 is 1.00 bits per heavy atom. The second-order valence-corrected chi connectivity index (χ2v) is 9.82. The summed E-state index contributed by atoms with van der Waals surface area (Å²) in [5.41, 5.74) is 1.85. The second kappa shape index (κ2) is 9.84. The Balaban J connectivity index is 1.46. The number of hydrogen-bond donors (Lipinski definition) is 0. The molecule has 1 aliphatic carbocycles. The Morgan fingerprint density at radius 2 is 1.74 bits per heavy atom. The van der Waals surface area contributed by atoms with Gasteiger partial charge in [0.2, 0.25) is 5.95 Å². The van der Waals surface area contributed by atoms with Crippen molar-refractivity contribution in [1.29, 1.82) is 0 Å². The van der Waals surface area contributed by atoms with E-state index >= 15 is 0 Å². The van der Waals surface area contributed by atoms with E-state index in [-0.39, 0.29) is 5.56 Å². The van der Waals surface area contributed by atoms with Crippen molar-refractivity contribution < 1.29 is 13.6 Å². The van der Waals surface area contributed by atoms with E-state index in [9.17, 15) is 13.6 Å². The maximum atomic E-state index is 14.3. The van der Waals surface area contributed by atoms with Gasteiger partial charge in [-0.25, -0.2) is 13.8 Å². The van der Waals surface area contributed by atoms with E-state index in [2.05, 4.69) is 16.8 Å². The second-order valence-electron chi connectivity index (χ2n) is 9.82. The molecule has 1 amide bonds. The summed E-state index contributed by atoms with van der Waals surface area (Å²) in [5, 5.41) is 0. The van der Waals surface area contributed by atoms with E-state index < -0.39 is 17.5 Å². The first-order valence-electron chi connectivity index (χ1n) is 12.6. The lowest BCUT2D eigenvalue weighted by molar-refractivity contribution is 0.0728. The lowest BCUT2D eigenvalue weighted by atomic mass is 9.95. The molecule has 0 radical (unpaired) electrons. The summed E-state index contributed by atoms with van der Waals surface area (Å²) in [6.45, 7) is 2.67. The zero-order valence-electron chi connectivity index (χ0n) is 19.9. The Bertz CT molecular complexity index is 1050. The van der Waals surface area contributed by atoms with E-state index in [1.807, 2.05) is 0 Å². The molecule has 5 rings (SSSR count). The van der Waals surface area contributed by atoms with Crippen LogP contribution in [0.1, 0.15) is 73.0 Å². The third-order valence-electron chi connectivity index (χ3n) is 7.57. The SMILES string of the molecule is CN(c1nc2c(c(N3CCCCC3)n1)CN(C(=O)c1ccc(F)cc1F)CC2)C1CCCCC1. The molecule has 0 atom stereocenters. The van der Waals surface area contributed by atoms with E-state index in [1.165, 1.54) is 44.6 Å². The number of carbonyl (C=O) groups is 1. The number of carbonyl (C=O) groups excluding carboxylic acids is 1. The topological polar surface area (TPSA) is 52.6 Å². The van der Waals surface area contributed by atoms with Crippen LogP contribution in [0, 0.1) is 11.6 Å². The van der Waals surface area contributed by atoms with Crippen LogP contribution in [0.2, 0.25) is 0 Å². The smallest absolute Gasteiger partial charge is 0.257 e. The Kier molecular flexibility index (Phi) is 6.66. The predicted molar refractivity (Wildman–Crippen MR) is 128 cm³/mol. The molecule has 8 heteroatoms. The van der Waals surface area contributed by atoms with Gasteiger partial charge in [0.1, 0.15) is 17.5 Å². The van der Waals surface area contributed by atoms with E-state index in [0.29, 0.717) is 25.6 Å². The summed E-state index contributed by atoms with van der Waals surface area (Å²) < 4.78 is 27.7. The zero-order chi connectivity index (χ0) is 23.7. The van der Waals surface area contributed by atoms with Gasteiger partial charge in [-0.15, -0.1) is 0 Å². The molecule has 2 aromatic rings. The summed E-state index contributed by atoms with van der Waals surface area (Å²) in [5.74, 6) is -0.243. The van der Waals surface area contributed by atoms with Crippen molar-refractivity contribution in [3.05, 3.63) is 46.7 Å². The number of aromatic nitrogens is 2. The first kappa shape index (κ1) is 23.0. The molecule has 1 saturated heterocycles. The first-order chi connectivity index (χ1) is 16.5. The molecule has 0 spiro atoms. The van der Waals surface area contributed by atoms with E-state index in [4.69, 9.17) is 9.97 Å². The minimum atomic E-state index is -0.826. The molecular formula is C26H33F2N5O. The highest BCUT2D eigenvalue weighted by Gasteiger charge is 2.31. The summed E-state index contributed by atoms with van der Waals surface area (Å²) in [7, 11) is 2.10. The summed E-state index contributed by atoms with van der Waals surface area (Å²) in [6, 6.07) is 3.58. The van der Waals surface area contributed by atoms with Gasteiger partial charge in [-0.05, 0) is 44.2 Å². The van der Waals surface area contributed by atoms with Gasteiger partial charge in [-0.2, -0.15) is 4.98 Å². The largest absolute Gasteiger partial charge is 0.356 e.